The summed E-state index contributed by atoms with van der Waals surface area (Å²) in [5, 5.41) is 13.0. The van der Waals surface area contributed by atoms with E-state index in [4.69, 9.17) is 9.47 Å². The van der Waals surface area contributed by atoms with Crippen molar-refractivity contribution in [2.45, 2.75) is 64.7 Å². The molecule has 6 nitrogen and oxygen atoms in total. The van der Waals surface area contributed by atoms with E-state index in [-0.39, 0.29) is 12.6 Å². The van der Waals surface area contributed by atoms with Crippen molar-refractivity contribution in [1.82, 2.24) is 10.2 Å². The molecule has 1 fully saturated rings. The third-order valence-electron chi connectivity index (χ3n) is 3.40. The molecule has 0 bridgehead atoms. The first kappa shape index (κ1) is 19.2. The number of hydrogen-bond donors (Lipinski definition) is 2. The molecule has 2 N–H and O–H groups in total. The number of nitrogens with one attached hydrogen (secondary N) is 1. The topological polar surface area (TPSA) is 71.0 Å². The Hall–Kier alpha value is -0.850. The molecule has 1 rings (SSSR count). The van der Waals surface area contributed by atoms with E-state index in [0.29, 0.717) is 19.1 Å². The summed E-state index contributed by atoms with van der Waals surface area (Å²) in [6.07, 6.45) is 2.23. The number of hydrogen-bond acceptors (Lipinski definition) is 5. The van der Waals surface area contributed by atoms with E-state index in [0.717, 1.165) is 32.5 Å². The number of rotatable bonds is 6. The zero-order chi connectivity index (χ0) is 16.6. The second-order valence-corrected chi connectivity index (χ2v) is 6.97. The maximum atomic E-state index is 12.2. The maximum Gasteiger partial charge on any atom is 0.410 e. The van der Waals surface area contributed by atoms with Crippen molar-refractivity contribution in [2.75, 3.05) is 32.8 Å². The van der Waals surface area contributed by atoms with Gasteiger partial charge in [0.1, 0.15) is 5.60 Å². The summed E-state index contributed by atoms with van der Waals surface area (Å²) in [5.41, 5.74) is -0.528. The fourth-order valence-electron chi connectivity index (χ4n) is 2.41. The standard InChI is InChI=1S/C16H32N2O4/c1-13(19)12-18(15(20)22-16(2,3)4)9-8-17-14-6-5-10-21-11-7-14/h13-14,17,19H,5-12H2,1-4H3. The lowest BCUT2D eigenvalue weighted by Gasteiger charge is -2.29. The van der Waals surface area contributed by atoms with Crippen molar-refractivity contribution in [2.24, 2.45) is 0 Å². The Labute approximate surface area is 134 Å². The van der Waals surface area contributed by atoms with E-state index in [1.165, 1.54) is 0 Å². The molecule has 0 aromatic carbocycles. The van der Waals surface area contributed by atoms with Gasteiger partial charge in [0.15, 0.2) is 0 Å². The first-order chi connectivity index (χ1) is 10.3. The van der Waals surface area contributed by atoms with Gasteiger partial charge in [0, 0.05) is 38.9 Å². The number of carbonyl (C=O) groups excluding carboxylic acids is 1. The Kier molecular flexibility index (Phi) is 8.14. The van der Waals surface area contributed by atoms with Gasteiger partial charge in [-0.15, -0.1) is 0 Å². The molecule has 0 radical (unpaired) electrons. The van der Waals surface area contributed by atoms with E-state index >= 15 is 0 Å². The molecule has 130 valence electrons. The van der Waals surface area contributed by atoms with Crippen LogP contribution < -0.4 is 5.32 Å². The molecule has 2 atom stereocenters. The van der Waals surface area contributed by atoms with Crippen LogP contribution in [0.3, 0.4) is 0 Å². The quantitative estimate of drug-likeness (QED) is 0.781. The predicted octanol–water partition coefficient (Wildman–Crippen LogP) is 1.76. The van der Waals surface area contributed by atoms with Crippen LogP contribution in [0.5, 0.6) is 0 Å². The van der Waals surface area contributed by atoms with Crippen LogP contribution in [-0.4, -0.2) is 66.7 Å². The van der Waals surface area contributed by atoms with Crippen LogP contribution in [0.2, 0.25) is 0 Å². The van der Waals surface area contributed by atoms with Crippen molar-refractivity contribution < 1.29 is 19.4 Å². The van der Waals surface area contributed by atoms with E-state index in [1.807, 2.05) is 20.8 Å². The van der Waals surface area contributed by atoms with Crippen LogP contribution in [0.25, 0.3) is 0 Å². The minimum atomic E-state index is -0.571. The fraction of sp³-hybridized carbons (Fsp3) is 0.938. The number of ether oxygens (including phenoxy) is 2. The molecule has 1 heterocycles. The Morgan fingerprint density at radius 2 is 2.14 bits per heavy atom. The van der Waals surface area contributed by atoms with Gasteiger partial charge in [-0.1, -0.05) is 0 Å². The maximum absolute atomic E-state index is 12.2. The molecule has 22 heavy (non-hydrogen) atoms. The average molecular weight is 316 g/mol. The Morgan fingerprint density at radius 3 is 2.77 bits per heavy atom. The fourth-order valence-corrected chi connectivity index (χ4v) is 2.41. The Morgan fingerprint density at radius 1 is 1.41 bits per heavy atom. The van der Waals surface area contributed by atoms with E-state index in [9.17, 15) is 9.90 Å². The van der Waals surface area contributed by atoms with Gasteiger partial charge in [0.2, 0.25) is 0 Å². The molecule has 2 unspecified atom stereocenters. The first-order valence-corrected chi connectivity index (χ1v) is 8.25. The molecule has 1 aliphatic heterocycles. The second-order valence-electron chi connectivity index (χ2n) is 6.97. The molecule has 0 aliphatic carbocycles. The monoisotopic (exact) mass is 316 g/mol. The van der Waals surface area contributed by atoms with E-state index in [2.05, 4.69) is 5.32 Å². The van der Waals surface area contributed by atoms with Gasteiger partial charge < -0.3 is 24.8 Å². The predicted molar refractivity (Wildman–Crippen MR) is 85.9 cm³/mol. The Bertz CT molecular complexity index is 321. The third-order valence-corrected chi connectivity index (χ3v) is 3.40. The number of amides is 1. The number of aliphatic hydroxyl groups is 1. The molecular formula is C16H32N2O4. The highest BCUT2D eigenvalue weighted by Crippen LogP contribution is 2.11. The summed E-state index contributed by atoms with van der Waals surface area (Å²) in [4.78, 5) is 13.7. The van der Waals surface area contributed by atoms with Gasteiger partial charge in [-0.3, -0.25) is 0 Å². The third kappa shape index (κ3) is 8.56. The average Bonchev–Trinajstić information content (AvgIpc) is 2.63. The number of aliphatic hydroxyl groups excluding tert-OH is 1. The molecule has 1 amide bonds. The van der Waals surface area contributed by atoms with E-state index < -0.39 is 11.7 Å². The van der Waals surface area contributed by atoms with Crippen molar-refractivity contribution in [1.29, 1.82) is 0 Å². The summed E-state index contributed by atoms with van der Waals surface area (Å²) in [6.45, 7) is 10.3. The lowest BCUT2D eigenvalue weighted by molar-refractivity contribution is 0.0162. The summed E-state index contributed by atoms with van der Waals surface area (Å²) in [7, 11) is 0. The highest BCUT2D eigenvalue weighted by Gasteiger charge is 2.23. The number of nitrogens with zero attached hydrogens (tertiary/aromatic N) is 1. The summed E-state index contributed by atoms with van der Waals surface area (Å²) in [6, 6.07) is 0.439. The minimum Gasteiger partial charge on any atom is -0.444 e. The van der Waals surface area contributed by atoms with Gasteiger partial charge in [0.05, 0.1) is 6.10 Å². The lowest BCUT2D eigenvalue weighted by Crippen LogP contribution is -2.44. The number of carbonyl (C=O) groups is 1. The molecule has 0 saturated carbocycles. The SMILES string of the molecule is CC(O)CN(CCNC1CCCOCC1)C(=O)OC(C)(C)C. The smallest absolute Gasteiger partial charge is 0.410 e. The molecule has 1 saturated heterocycles. The highest BCUT2D eigenvalue weighted by molar-refractivity contribution is 5.68. The van der Waals surface area contributed by atoms with Crippen LogP contribution in [0.4, 0.5) is 4.79 Å². The molecule has 1 aliphatic rings. The zero-order valence-electron chi connectivity index (χ0n) is 14.4. The summed E-state index contributed by atoms with van der Waals surface area (Å²) < 4.78 is 10.8. The van der Waals surface area contributed by atoms with Crippen LogP contribution in [0.15, 0.2) is 0 Å². The molecule has 0 aromatic rings. The van der Waals surface area contributed by atoms with Gasteiger partial charge >= 0.3 is 6.09 Å². The minimum absolute atomic E-state index is 0.282. The van der Waals surface area contributed by atoms with Gasteiger partial charge in [-0.25, -0.2) is 4.79 Å². The van der Waals surface area contributed by atoms with Gasteiger partial charge in [-0.2, -0.15) is 0 Å². The Balaban J connectivity index is 2.41. The van der Waals surface area contributed by atoms with Crippen LogP contribution in [-0.2, 0) is 9.47 Å². The summed E-state index contributed by atoms with van der Waals surface area (Å²) in [5.74, 6) is 0. The van der Waals surface area contributed by atoms with Gasteiger partial charge in [-0.05, 0) is 47.0 Å². The summed E-state index contributed by atoms with van der Waals surface area (Å²) >= 11 is 0. The van der Waals surface area contributed by atoms with Crippen LogP contribution in [0.1, 0.15) is 47.0 Å². The zero-order valence-corrected chi connectivity index (χ0v) is 14.4. The highest BCUT2D eigenvalue weighted by atomic mass is 16.6. The molecule has 0 spiro atoms. The second kappa shape index (κ2) is 9.33. The van der Waals surface area contributed by atoms with Crippen molar-refractivity contribution in [3.8, 4) is 0 Å². The van der Waals surface area contributed by atoms with Crippen LogP contribution >= 0.6 is 0 Å². The first-order valence-electron chi connectivity index (χ1n) is 8.25. The van der Waals surface area contributed by atoms with Crippen molar-refractivity contribution in [3.63, 3.8) is 0 Å². The van der Waals surface area contributed by atoms with Crippen molar-refractivity contribution >= 4 is 6.09 Å². The van der Waals surface area contributed by atoms with Crippen LogP contribution in [0, 0.1) is 0 Å². The largest absolute Gasteiger partial charge is 0.444 e. The van der Waals surface area contributed by atoms with Gasteiger partial charge in [0.25, 0.3) is 0 Å². The molecular weight excluding hydrogens is 284 g/mol. The molecule has 0 aromatic heterocycles. The lowest BCUT2D eigenvalue weighted by atomic mass is 10.1. The normalized spacial score (nSPS) is 21.0. The van der Waals surface area contributed by atoms with Crippen molar-refractivity contribution in [3.05, 3.63) is 0 Å². The van der Waals surface area contributed by atoms with E-state index in [1.54, 1.807) is 11.8 Å². The molecule has 6 heteroatoms.